The van der Waals surface area contributed by atoms with Crippen molar-refractivity contribution in [3.8, 4) is 0 Å². The van der Waals surface area contributed by atoms with Gasteiger partial charge in [0.05, 0.1) is 0 Å². The maximum absolute atomic E-state index is 5.47. The zero-order chi connectivity index (χ0) is 11.0. The monoisotopic (exact) mass is 217 g/mol. The number of hydrogen-bond acceptors (Lipinski definition) is 2. The van der Waals surface area contributed by atoms with E-state index in [2.05, 4.69) is 36.5 Å². The highest BCUT2D eigenvalue weighted by atomic mass is 16.5. The highest BCUT2D eigenvalue weighted by molar-refractivity contribution is 5.60. The number of nitrogens with one attached hydrogen (secondary N) is 1. The minimum atomic E-state index is 0.306. The van der Waals surface area contributed by atoms with Crippen molar-refractivity contribution >= 4 is 5.69 Å². The predicted octanol–water partition coefficient (Wildman–Crippen LogP) is 2.80. The van der Waals surface area contributed by atoms with Gasteiger partial charge >= 0.3 is 0 Å². The molecule has 1 fully saturated rings. The van der Waals surface area contributed by atoms with E-state index in [1.807, 2.05) is 0 Å². The van der Waals surface area contributed by atoms with Gasteiger partial charge in [-0.1, -0.05) is 25.1 Å². The van der Waals surface area contributed by atoms with Crippen LogP contribution in [0.5, 0.6) is 0 Å². The molecule has 1 N–H and O–H groups in total. The standard InChI is InChI=1S/C14H19NO/c1-14(11-6-8-16-9-7-11)10-15-13-5-3-2-4-12(13)14/h2-5,11,15H,6-10H2,1H3. The van der Waals surface area contributed by atoms with Gasteiger partial charge in [-0.3, -0.25) is 0 Å². The first kappa shape index (κ1) is 10.2. The van der Waals surface area contributed by atoms with Crippen molar-refractivity contribution in [1.29, 1.82) is 0 Å². The minimum Gasteiger partial charge on any atom is -0.384 e. The molecule has 2 heteroatoms. The number of anilines is 1. The Morgan fingerprint density at radius 2 is 2.00 bits per heavy atom. The van der Waals surface area contributed by atoms with E-state index in [9.17, 15) is 0 Å². The highest BCUT2D eigenvalue weighted by Gasteiger charge is 2.41. The molecule has 0 bridgehead atoms. The van der Waals surface area contributed by atoms with Crippen LogP contribution in [0, 0.1) is 5.92 Å². The van der Waals surface area contributed by atoms with Crippen LogP contribution in [0.15, 0.2) is 24.3 Å². The normalized spacial score (nSPS) is 29.8. The smallest absolute Gasteiger partial charge is 0.0469 e. The Kier molecular flexibility index (Phi) is 2.40. The van der Waals surface area contributed by atoms with E-state index in [4.69, 9.17) is 4.74 Å². The maximum Gasteiger partial charge on any atom is 0.0469 e. The summed E-state index contributed by atoms with van der Waals surface area (Å²) in [5.41, 5.74) is 3.14. The van der Waals surface area contributed by atoms with Gasteiger partial charge in [-0.05, 0) is 30.4 Å². The fraction of sp³-hybridized carbons (Fsp3) is 0.571. The number of hydrogen-bond donors (Lipinski definition) is 1. The Morgan fingerprint density at radius 1 is 1.25 bits per heavy atom. The van der Waals surface area contributed by atoms with Crippen molar-refractivity contribution < 1.29 is 4.74 Å². The molecule has 3 rings (SSSR count). The van der Waals surface area contributed by atoms with Gasteiger partial charge < -0.3 is 10.1 Å². The average Bonchev–Trinajstić information content (AvgIpc) is 2.71. The van der Waals surface area contributed by atoms with Gasteiger partial charge in [-0.2, -0.15) is 0 Å². The Balaban J connectivity index is 1.94. The Morgan fingerprint density at radius 3 is 2.81 bits per heavy atom. The number of benzene rings is 1. The Labute approximate surface area is 97.0 Å². The number of fused-ring (bicyclic) bond motifs is 1. The first-order chi connectivity index (χ1) is 7.81. The summed E-state index contributed by atoms with van der Waals surface area (Å²) in [5, 5.41) is 3.55. The van der Waals surface area contributed by atoms with E-state index in [0.29, 0.717) is 5.41 Å². The number of rotatable bonds is 1. The quantitative estimate of drug-likeness (QED) is 0.781. The second-order valence-corrected chi connectivity index (χ2v) is 5.20. The van der Waals surface area contributed by atoms with Gasteiger partial charge in [0.15, 0.2) is 0 Å². The number of para-hydroxylation sites is 1. The van der Waals surface area contributed by atoms with Crippen molar-refractivity contribution in [3.63, 3.8) is 0 Å². The SMILES string of the molecule is CC1(C2CCOCC2)CNc2ccccc21. The molecule has 0 radical (unpaired) electrons. The third-order valence-electron chi connectivity index (χ3n) is 4.31. The summed E-state index contributed by atoms with van der Waals surface area (Å²) in [6.45, 7) is 5.35. The van der Waals surface area contributed by atoms with Crippen LogP contribution in [0.25, 0.3) is 0 Å². The minimum absolute atomic E-state index is 0.306. The summed E-state index contributed by atoms with van der Waals surface area (Å²) in [7, 11) is 0. The molecule has 2 heterocycles. The molecule has 1 aromatic rings. The second-order valence-electron chi connectivity index (χ2n) is 5.20. The summed E-state index contributed by atoms with van der Waals surface area (Å²) in [6, 6.07) is 8.75. The third kappa shape index (κ3) is 1.44. The molecular formula is C14H19NO. The van der Waals surface area contributed by atoms with Gasteiger partial charge in [0.25, 0.3) is 0 Å². The van der Waals surface area contributed by atoms with Crippen LogP contribution in [-0.4, -0.2) is 19.8 Å². The third-order valence-corrected chi connectivity index (χ3v) is 4.31. The Bertz CT molecular complexity index is 384. The maximum atomic E-state index is 5.47. The van der Waals surface area contributed by atoms with E-state index < -0.39 is 0 Å². The van der Waals surface area contributed by atoms with E-state index in [1.54, 1.807) is 0 Å². The topological polar surface area (TPSA) is 21.3 Å². The molecule has 1 atom stereocenters. The predicted molar refractivity (Wildman–Crippen MR) is 65.8 cm³/mol. The van der Waals surface area contributed by atoms with E-state index in [0.717, 1.165) is 25.7 Å². The van der Waals surface area contributed by atoms with Crippen LogP contribution in [-0.2, 0) is 10.2 Å². The molecule has 86 valence electrons. The summed E-state index contributed by atoms with van der Waals surface area (Å²) >= 11 is 0. The van der Waals surface area contributed by atoms with E-state index in [1.165, 1.54) is 24.1 Å². The molecule has 0 amide bonds. The first-order valence-electron chi connectivity index (χ1n) is 6.22. The summed E-state index contributed by atoms with van der Waals surface area (Å²) < 4.78 is 5.47. The molecule has 2 nitrogen and oxygen atoms in total. The van der Waals surface area contributed by atoms with Crippen molar-refractivity contribution in [2.45, 2.75) is 25.2 Å². The fourth-order valence-electron chi connectivity index (χ4n) is 3.21. The van der Waals surface area contributed by atoms with Crippen LogP contribution < -0.4 is 5.32 Å². The molecule has 0 aliphatic carbocycles. The average molecular weight is 217 g/mol. The lowest BCUT2D eigenvalue weighted by molar-refractivity contribution is 0.0438. The lowest BCUT2D eigenvalue weighted by atomic mass is 9.70. The molecule has 16 heavy (non-hydrogen) atoms. The van der Waals surface area contributed by atoms with Crippen molar-refractivity contribution in [3.05, 3.63) is 29.8 Å². The van der Waals surface area contributed by atoms with Crippen LogP contribution >= 0.6 is 0 Å². The highest BCUT2D eigenvalue weighted by Crippen LogP contribution is 2.44. The van der Waals surface area contributed by atoms with Crippen LogP contribution in [0.4, 0.5) is 5.69 Å². The van der Waals surface area contributed by atoms with E-state index in [-0.39, 0.29) is 0 Å². The summed E-state index contributed by atoms with van der Waals surface area (Å²) in [6.07, 6.45) is 2.40. The zero-order valence-electron chi connectivity index (χ0n) is 9.83. The Hall–Kier alpha value is -1.02. The molecule has 1 unspecified atom stereocenters. The van der Waals surface area contributed by atoms with Gasteiger partial charge in [-0.25, -0.2) is 0 Å². The van der Waals surface area contributed by atoms with Crippen LogP contribution in [0.1, 0.15) is 25.3 Å². The van der Waals surface area contributed by atoms with Gasteiger partial charge in [0, 0.05) is 30.9 Å². The number of ether oxygens (including phenoxy) is 1. The molecule has 0 saturated carbocycles. The second kappa shape index (κ2) is 3.77. The first-order valence-corrected chi connectivity index (χ1v) is 6.22. The van der Waals surface area contributed by atoms with Crippen LogP contribution in [0.3, 0.4) is 0 Å². The fourth-order valence-corrected chi connectivity index (χ4v) is 3.21. The van der Waals surface area contributed by atoms with Gasteiger partial charge in [0.1, 0.15) is 0 Å². The summed E-state index contributed by atoms with van der Waals surface area (Å²) in [5.74, 6) is 0.761. The lowest BCUT2D eigenvalue weighted by Crippen LogP contribution is -2.37. The molecule has 0 aromatic heterocycles. The van der Waals surface area contributed by atoms with E-state index >= 15 is 0 Å². The van der Waals surface area contributed by atoms with Gasteiger partial charge in [0.2, 0.25) is 0 Å². The molecule has 1 aromatic carbocycles. The molecule has 2 aliphatic rings. The van der Waals surface area contributed by atoms with Crippen LogP contribution in [0.2, 0.25) is 0 Å². The molecule has 2 aliphatic heterocycles. The zero-order valence-corrected chi connectivity index (χ0v) is 9.83. The molecule has 0 spiro atoms. The lowest BCUT2D eigenvalue weighted by Gasteiger charge is -2.36. The van der Waals surface area contributed by atoms with Crippen molar-refractivity contribution in [1.82, 2.24) is 0 Å². The summed E-state index contributed by atoms with van der Waals surface area (Å²) in [4.78, 5) is 0. The largest absolute Gasteiger partial charge is 0.384 e. The molecule has 1 saturated heterocycles. The van der Waals surface area contributed by atoms with Crippen molar-refractivity contribution in [2.75, 3.05) is 25.1 Å². The van der Waals surface area contributed by atoms with Crippen molar-refractivity contribution in [2.24, 2.45) is 5.92 Å². The van der Waals surface area contributed by atoms with Gasteiger partial charge in [-0.15, -0.1) is 0 Å². The molecular weight excluding hydrogens is 198 g/mol.